The average molecular weight is 460 g/mol. The van der Waals surface area contributed by atoms with E-state index in [9.17, 15) is 18.0 Å². The number of ether oxygens (including phenoxy) is 1. The molecule has 0 aliphatic carbocycles. The van der Waals surface area contributed by atoms with Crippen LogP contribution in [0.15, 0.2) is 47.4 Å². The number of nitrogens with one attached hydrogen (secondary N) is 1. The van der Waals surface area contributed by atoms with Crippen LogP contribution in [0, 0.1) is 0 Å². The van der Waals surface area contributed by atoms with E-state index in [1.54, 1.807) is 33.1 Å². The first kappa shape index (κ1) is 23.7. The van der Waals surface area contributed by atoms with Gasteiger partial charge in [-0.05, 0) is 41.5 Å². The Labute approximate surface area is 189 Å². The average Bonchev–Trinajstić information content (AvgIpc) is 3.17. The lowest BCUT2D eigenvalue weighted by Crippen LogP contribution is -2.47. The summed E-state index contributed by atoms with van der Waals surface area (Å²) in [5, 5.41) is 2.88. The zero-order valence-corrected chi connectivity index (χ0v) is 19.6. The number of carbonyl (C=O) groups is 2. The normalized spacial score (nSPS) is 15.5. The number of sulfonamides is 1. The first-order valence-corrected chi connectivity index (χ1v) is 12.0. The molecular weight excluding hydrogens is 430 g/mol. The van der Waals surface area contributed by atoms with Crippen LogP contribution < -0.4 is 15.0 Å². The van der Waals surface area contributed by atoms with E-state index in [4.69, 9.17) is 4.74 Å². The van der Waals surface area contributed by atoms with Crippen LogP contribution >= 0.6 is 0 Å². The third kappa shape index (κ3) is 4.63. The zero-order chi connectivity index (χ0) is 23.5. The van der Waals surface area contributed by atoms with E-state index in [1.807, 2.05) is 24.3 Å². The summed E-state index contributed by atoms with van der Waals surface area (Å²) in [4.78, 5) is 26.9. The number of anilines is 1. The van der Waals surface area contributed by atoms with Crippen LogP contribution in [0.4, 0.5) is 5.69 Å². The third-order valence-corrected chi connectivity index (χ3v) is 7.67. The van der Waals surface area contributed by atoms with Crippen LogP contribution in [0.2, 0.25) is 0 Å². The second-order valence-electron chi connectivity index (χ2n) is 7.56. The van der Waals surface area contributed by atoms with Gasteiger partial charge in [0.15, 0.2) is 0 Å². The van der Waals surface area contributed by atoms with Crippen molar-refractivity contribution < 1.29 is 22.7 Å². The molecule has 1 aliphatic heterocycles. The summed E-state index contributed by atoms with van der Waals surface area (Å²) in [7, 11) is -2.06. The molecule has 1 atom stereocenters. The van der Waals surface area contributed by atoms with Gasteiger partial charge in [-0.1, -0.05) is 26.0 Å². The summed E-state index contributed by atoms with van der Waals surface area (Å²) in [6, 6.07) is 11.3. The first-order chi connectivity index (χ1) is 15.2. The summed E-state index contributed by atoms with van der Waals surface area (Å²) >= 11 is 0. The fraction of sp³-hybridized carbons (Fsp3) is 0.391. The minimum Gasteiger partial charge on any atom is -0.497 e. The number of rotatable bonds is 8. The van der Waals surface area contributed by atoms with E-state index >= 15 is 0 Å². The van der Waals surface area contributed by atoms with Crippen molar-refractivity contribution in [3.05, 3.63) is 53.6 Å². The fourth-order valence-electron chi connectivity index (χ4n) is 3.99. The maximum atomic E-state index is 13.0. The minimum absolute atomic E-state index is 0.167. The van der Waals surface area contributed by atoms with Crippen LogP contribution in [0.1, 0.15) is 31.9 Å². The molecule has 0 saturated heterocycles. The van der Waals surface area contributed by atoms with E-state index in [2.05, 4.69) is 5.32 Å². The molecule has 0 aromatic heterocycles. The molecule has 0 saturated carbocycles. The maximum Gasteiger partial charge on any atom is 0.243 e. The highest BCUT2D eigenvalue weighted by atomic mass is 32.2. The molecule has 1 heterocycles. The van der Waals surface area contributed by atoms with E-state index in [1.165, 1.54) is 22.2 Å². The number of benzene rings is 2. The Morgan fingerprint density at radius 1 is 1.16 bits per heavy atom. The molecule has 0 fully saturated rings. The topological polar surface area (TPSA) is 96.0 Å². The molecule has 2 aromatic carbocycles. The molecular formula is C23H29N3O5S. The standard InChI is InChI=1S/C23H29N3O5S/c1-5-25(6-2)32(29,30)20-10-11-21-18(13-20)14-22(26(21)16(3)27)23(28)24-15-17-8-7-9-19(12-17)31-4/h7-13,22H,5-6,14-15H2,1-4H3,(H,24,28). The SMILES string of the molecule is CCN(CC)S(=O)(=O)c1ccc2c(c1)CC(C(=O)NCc1cccc(OC)c1)N2C(C)=O. The molecule has 1 N–H and O–H groups in total. The highest BCUT2D eigenvalue weighted by Crippen LogP contribution is 2.35. The highest BCUT2D eigenvalue weighted by molar-refractivity contribution is 7.89. The molecule has 172 valence electrons. The van der Waals surface area contributed by atoms with Crippen LogP contribution in [-0.2, 0) is 32.6 Å². The predicted octanol–water partition coefficient (Wildman–Crippen LogP) is 2.32. The van der Waals surface area contributed by atoms with Crippen molar-refractivity contribution >= 4 is 27.5 Å². The predicted molar refractivity (Wildman–Crippen MR) is 122 cm³/mol. The van der Waals surface area contributed by atoms with Gasteiger partial charge in [0, 0.05) is 38.7 Å². The number of hydrogen-bond donors (Lipinski definition) is 1. The summed E-state index contributed by atoms with van der Waals surface area (Å²) < 4.78 is 32.4. The van der Waals surface area contributed by atoms with Crippen LogP contribution in [-0.4, -0.2) is 50.8 Å². The lowest BCUT2D eigenvalue weighted by molar-refractivity contribution is -0.125. The summed E-state index contributed by atoms with van der Waals surface area (Å²) in [6.07, 6.45) is 0.250. The molecule has 2 aromatic rings. The summed E-state index contributed by atoms with van der Waals surface area (Å²) in [6.45, 7) is 5.99. The quantitative estimate of drug-likeness (QED) is 0.654. The number of amides is 2. The minimum atomic E-state index is -3.63. The van der Waals surface area contributed by atoms with Crippen LogP contribution in [0.3, 0.4) is 0 Å². The van der Waals surface area contributed by atoms with Gasteiger partial charge in [0.1, 0.15) is 11.8 Å². The lowest BCUT2D eigenvalue weighted by Gasteiger charge is -2.23. The van der Waals surface area contributed by atoms with Gasteiger partial charge in [-0.2, -0.15) is 4.31 Å². The van der Waals surface area contributed by atoms with Gasteiger partial charge >= 0.3 is 0 Å². The molecule has 3 rings (SSSR count). The molecule has 0 bridgehead atoms. The van der Waals surface area contributed by atoms with Crippen molar-refractivity contribution in [3.63, 3.8) is 0 Å². The largest absolute Gasteiger partial charge is 0.497 e. The van der Waals surface area contributed by atoms with Gasteiger partial charge < -0.3 is 10.1 Å². The Morgan fingerprint density at radius 3 is 2.50 bits per heavy atom. The van der Waals surface area contributed by atoms with Crippen molar-refractivity contribution in [1.82, 2.24) is 9.62 Å². The van der Waals surface area contributed by atoms with Gasteiger partial charge in [0.25, 0.3) is 0 Å². The Balaban J connectivity index is 1.83. The number of hydrogen-bond acceptors (Lipinski definition) is 5. The number of nitrogens with zero attached hydrogens (tertiary/aromatic N) is 2. The molecule has 32 heavy (non-hydrogen) atoms. The molecule has 0 spiro atoms. The Morgan fingerprint density at radius 2 is 1.88 bits per heavy atom. The van der Waals surface area contributed by atoms with Crippen LogP contribution in [0.5, 0.6) is 5.75 Å². The smallest absolute Gasteiger partial charge is 0.243 e. The third-order valence-electron chi connectivity index (χ3n) is 5.62. The maximum absolute atomic E-state index is 13.0. The Hall–Kier alpha value is -2.91. The summed E-state index contributed by atoms with van der Waals surface area (Å²) in [5.74, 6) is 0.120. The van der Waals surface area contributed by atoms with E-state index in [0.717, 1.165) is 5.56 Å². The Bertz CT molecular complexity index is 1110. The van der Waals surface area contributed by atoms with Gasteiger partial charge in [0.2, 0.25) is 21.8 Å². The zero-order valence-electron chi connectivity index (χ0n) is 18.8. The summed E-state index contributed by atoms with van der Waals surface area (Å²) in [5.41, 5.74) is 2.10. The first-order valence-electron chi connectivity index (χ1n) is 10.6. The molecule has 9 heteroatoms. The van der Waals surface area contributed by atoms with Crippen molar-refractivity contribution in [1.29, 1.82) is 0 Å². The number of fused-ring (bicyclic) bond motifs is 1. The van der Waals surface area contributed by atoms with E-state index < -0.39 is 16.1 Å². The van der Waals surface area contributed by atoms with Gasteiger partial charge in [-0.3, -0.25) is 14.5 Å². The van der Waals surface area contributed by atoms with Gasteiger partial charge in [0.05, 0.1) is 12.0 Å². The molecule has 1 aliphatic rings. The molecule has 0 radical (unpaired) electrons. The second-order valence-corrected chi connectivity index (χ2v) is 9.50. The van der Waals surface area contributed by atoms with Crippen LogP contribution in [0.25, 0.3) is 0 Å². The second kappa shape index (κ2) is 9.70. The monoisotopic (exact) mass is 459 g/mol. The van der Waals surface area contributed by atoms with Crippen molar-refractivity contribution in [3.8, 4) is 5.75 Å². The van der Waals surface area contributed by atoms with Crippen molar-refractivity contribution in [2.45, 2.75) is 44.7 Å². The molecule has 8 nitrogen and oxygen atoms in total. The molecule has 2 amide bonds. The lowest BCUT2D eigenvalue weighted by atomic mass is 10.1. The number of methoxy groups -OCH3 is 1. The number of carbonyl (C=O) groups excluding carboxylic acids is 2. The van der Waals surface area contributed by atoms with Gasteiger partial charge in [-0.25, -0.2) is 8.42 Å². The van der Waals surface area contributed by atoms with Crippen molar-refractivity contribution in [2.24, 2.45) is 0 Å². The Kier molecular flexibility index (Phi) is 7.20. The molecule has 1 unspecified atom stereocenters. The van der Waals surface area contributed by atoms with Gasteiger partial charge in [-0.15, -0.1) is 0 Å². The van der Waals surface area contributed by atoms with E-state index in [0.29, 0.717) is 30.1 Å². The highest BCUT2D eigenvalue weighted by Gasteiger charge is 2.37. The van der Waals surface area contributed by atoms with E-state index in [-0.39, 0.29) is 29.7 Å². The van der Waals surface area contributed by atoms with Crippen molar-refractivity contribution in [2.75, 3.05) is 25.1 Å². The fourth-order valence-corrected chi connectivity index (χ4v) is 5.50.